The van der Waals surface area contributed by atoms with Crippen molar-refractivity contribution in [2.24, 2.45) is 0 Å². The first kappa shape index (κ1) is 15.1. The lowest BCUT2D eigenvalue weighted by atomic mass is 10.2. The molecule has 0 radical (unpaired) electrons. The van der Waals surface area contributed by atoms with Gasteiger partial charge in [0.25, 0.3) is 0 Å². The van der Waals surface area contributed by atoms with Crippen molar-refractivity contribution in [3.05, 3.63) is 24.1 Å². The highest BCUT2D eigenvalue weighted by Gasteiger charge is 2.10. The minimum absolute atomic E-state index is 0.326. The number of aromatic nitrogens is 2. The van der Waals surface area contributed by atoms with Gasteiger partial charge in [-0.05, 0) is 25.1 Å². The number of benzene rings is 1. The third-order valence-electron chi connectivity index (χ3n) is 2.82. The lowest BCUT2D eigenvalue weighted by Gasteiger charge is -2.09. The van der Waals surface area contributed by atoms with E-state index in [9.17, 15) is 0 Å². The van der Waals surface area contributed by atoms with Crippen molar-refractivity contribution >= 4 is 11.7 Å². The van der Waals surface area contributed by atoms with E-state index in [2.05, 4.69) is 27.8 Å². The second-order valence-electron chi connectivity index (χ2n) is 4.37. The van der Waals surface area contributed by atoms with Crippen LogP contribution in [0.5, 0.6) is 11.5 Å². The summed E-state index contributed by atoms with van der Waals surface area (Å²) >= 11 is 0. The van der Waals surface area contributed by atoms with Gasteiger partial charge in [-0.2, -0.15) is 0 Å². The maximum Gasteiger partial charge on any atom is 0.320 e. The lowest BCUT2D eigenvalue weighted by Crippen LogP contribution is -2.13. The van der Waals surface area contributed by atoms with E-state index in [-0.39, 0.29) is 0 Å². The monoisotopic (exact) mass is 292 g/mol. The second-order valence-corrected chi connectivity index (χ2v) is 4.37. The molecule has 0 aliphatic rings. The van der Waals surface area contributed by atoms with E-state index in [1.165, 1.54) is 0 Å². The average Bonchev–Trinajstić information content (AvgIpc) is 2.95. The van der Waals surface area contributed by atoms with Crippen molar-refractivity contribution in [2.45, 2.75) is 19.9 Å². The van der Waals surface area contributed by atoms with Gasteiger partial charge >= 0.3 is 6.01 Å². The fourth-order valence-electron chi connectivity index (χ4n) is 1.76. The molecule has 114 valence electrons. The first-order chi connectivity index (χ1) is 10.3. The van der Waals surface area contributed by atoms with Gasteiger partial charge in [0.05, 0.1) is 26.5 Å². The standard InChI is InChI=1S/C14H20N4O3/c1-4-7-15-9-13-17-18-14(21-13)16-11-6-5-10(19-2)8-12(11)20-3/h5-6,8,15H,4,7,9H2,1-3H3,(H,16,18). The molecule has 0 atom stereocenters. The van der Waals surface area contributed by atoms with Crippen LogP contribution in [-0.4, -0.2) is 31.0 Å². The van der Waals surface area contributed by atoms with Crippen molar-refractivity contribution in [3.63, 3.8) is 0 Å². The molecule has 0 saturated heterocycles. The number of hydrogen-bond acceptors (Lipinski definition) is 7. The number of ether oxygens (including phenoxy) is 2. The van der Waals surface area contributed by atoms with Gasteiger partial charge in [-0.15, -0.1) is 5.10 Å². The van der Waals surface area contributed by atoms with E-state index in [4.69, 9.17) is 13.9 Å². The van der Waals surface area contributed by atoms with Gasteiger partial charge in [-0.3, -0.25) is 0 Å². The molecule has 2 rings (SSSR count). The van der Waals surface area contributed by atoms with Crippen LogP contribution in [0.3, 0.4) is 0 Å². The molecule has 0 fully saturated rings. The molecule has 0 saturated carbocycles. The summed E-state index contributed by atoms with van der Waals surface area (Å²) in [6, 6.07) is 5.76. The Balaban J connectivity index is 2.04. The van der Waals surface area contributed by atoms with E-state index in [1.54, 1.807) is 20.3 Å². The molecule has 7 heteroatoms. The molecule has 1 heterocycles. The van der Waals surface area contributed by atoms with Gasteiger partial charge in [0.15, 0.2) is 0 Å². The number of nitrogens with one attached hydrogen (secondary N) is 2. The normalized spacial score (nSPS) is 10.4. The van der Waals surface area contributed by atoms with Crippen molar-refractivity contribution in [3.8, 4) is 11.5 Å². The zero-order valence-corrected chi connectivity index (χ0v) is 12.5. The minimum atomic E-state index is 0.326. The topological polar surface area (TPSA) is 81.4 Å². The van der Waals surface area contributed by atoms with Gasteiger partial charge in [-0.25, -0.2) is 0 Å². The molecule has 7 nitrogen and oxygen atoms in total. The second kappa shape index (κ2) is 7.49. The van der Waals surface area contributed by atoms with Crippen molar-refractivity contribution < 1.29 is 13.9 Å². The third-order valence-corrected chi connectivity index (χ3v) is 2.82. The number of anilines is 2. The van der Waals surface area contributed by atoms with Gasteiger partial charge in [0.1, 0.15) is 11.5 Å². The zero-order chi connectivity index (χ0) is 15.1. The number of nitrogens with zero attached hydrogens (tertiary/aromatic N) is 2. The molecule has 0 aliphatic carbocycles. The predicted octanol–water partition coefficient (Wildman–Crippen LogP) is 2.33. The molecular weight excluding hydrogens is 272 g/mol. The zero-order valence-electron chi connectivity index (χ0n) is 12.5. The Morgan fingerprint density at radius 2 is 2.05 bits per heavy atom. The summed E-state index contributed by atoms with van der Waals surface area (Å²) in [6.45, 7) is 3.57. The SMILES string of the molecule is CCCNCc1nnc(Nc2ccc(OC)cc2OC)o1. The van der Waals surface area contributed by atoms with Crippen LogP contribution >= 0.6 is 0 Å². The van der Waals surface area contributed by atoms with Crippen LogP contribution in [0.1, 0.15) is 19.2 Å². The Hall–Kier alpha value is -2.28. The lowest BCUT2D eigenvalue weighted by molar-refractivity contribution is 0.395. The summed E-state index contributed by atoms with van der Waals surface area (Å²) in [5.41, 5.74) is 0.731. The maximum absolute atomic E-state index is 5.51. The van der Waals surface area contributed by atoms with Crippen LogP contribution in [-0.2, 0) is 6.54 Å². The van der Waals surface area contributed by atoms with Crippen molar-refractivity contribution in [2.75, 3.05) is 26.1 Å². The smallest absolute Gasteiger partial charge is 0.320 e. The molecule has 1 aromatic heterocycles. The highest BCUT2D eigenvalue weighted by molar-refractivity contribution is 5.63. The van der Waals surface area contributed by atoms with Crippen LogP contribution in [0, 0.1) is 0 Å². The Morgan fingerprint density at radius 1 is 1.19 bits per heavy atom. The number of methoxy groups -OCH3 is 2. The summed E-state index contributed by atoms with van der Waals surface area (Å²) in [4.78, 5) is 0. The molecule has 0 amide bonds. The fourth-order valence-corrected chi connectivity index (χ4v) is 1.76. The number of hydrogen-bond donors (Lipinski definition) is 2. The summed E-state index contributed by atoms with van der Waals surface area (Å²) in [7, 11) is 3.20. The van der Waals surface area contributed by atoms with Gasteiger partial charge in [-0.1, -0.05) is 12.0 Å². The van der Waals surface area contributed by atoms with E-state index in [0.29, 0.717) is 29.9 Å². The Bertz CT molecular complexity index is 571. The molecule has 0 bridgehead atoms. The Kier molecular flexibility index (Phi) is 5.39. The van der Waals surface area contributed by atoms with Gasteiger partial charge in [0, 0.05) is 6.07 Å². The summed E-state index contributed by atoms with van der Waals surface area (Å²) in [5, 5.41) is 14.2. The van der Waals surface area contributed by atoms with Crippen LogP contribution < -0.4 is 20.1 Å². The molecule has 1 aromatic carbocycles. The van der Waals surface area contributed by atoms with E-state index in [1.807, 2.05) is 12.1 Å². The van der Waals surface area contributed by atoms with E-state index < -0.39 is 0 Å². The molecule has 0 aliphatic heterocycles. The average molecular weight is 292 g/mol. The molecule has 21 heavy (non-hydrogen) atoms. The van der Waals surface area contributed by atoms with E-state index in [0.717, 1.165) is 18.7 Å². The summed E-state index contributed by atoms with van der Waals surface area (Å²) < 4.78 is 16.0. The Morgan fingerprint density at radius 3 is 2.76 bits per heavy atom. The van der Waals surface area contributed by atoms with Gasteiger partial charge in [0.2, 0.25) is 5.89 Å². The maximum atomic E-state index is 5.51. The van der Waals surface area contributed by atoms with Crippen LogP contribution in [0.15, 0.2) is 22.6 Å². The van der Waals surface area contributed by atoms with Crippen LogP contribution in [0.2, 0.25) is 0 Å². The molecule has 2 N–H and O–H groups in total. The van der Waals surface area contributed by atoms with Gasteiger partial charge < -0.3 is 24.5 Å². The highest BCUT2D eigenvalue weighted by atomic mass is 16.5. The first-order valence-corrected chi connectivity index (χ1v) is 6.79. The molecule has 0 unspecified atom stereocenters. The quantitative estimate of drug-likeness (QED) is 0.723. The van der Waals surface area contributed by atoms with Crippen LogP contribution in [0.4, 0.5) is 11.7 Å². The van der Waals surface area contributed by atoms with Crippen LogP contribution in [0.25, 0.3) is 0 Å². The minimum Gasteiger partial charge on any atom is -0.497 e. The molecular formula is C14H20N4O3. The Labute approximate surface area is 123 Å². The predicted molar refractivity (Wildman–Crippen MR) is 79.1 cm³/mol. The molecule has 0 spiro atoms. The molecule has 2 aromatic rings. The number of rotatable bonds is 8. The third kappa shape index (κ3) is 4.09. The fraction of sp³-hybridized carbons (Fsp3) is 0.429. The first-order valence-electron chi connectivity index (χ1n) is 6.79. The largest absolute Gasteiger partial charge is 0.497 e. The van der Waals surface area contributed by atoms with E-state index >= 15 is 0 Å². The summed E-state index contributed by atoms with van der Waals surface area (Å²) in [5.74, 6) is 1.89. The summed E-state index contributed by atoms with van der Waals surface area (Å²) in [6.07, 6.45) is 1.06. The van der Waals surface area contributed by atoms with Crippen molar-refractivity contribution in [1.29, 1.82) is 0 Å². The van der Waals surface area contributed by atoms with Crippen molar-refractivity contribution in [1.82, 2.24) is 15.5 Å². The highest BCUT2D eigenvalue weighted by Crippen LogP contribution is 2.30.